The molecule has 0 saturated carbocycles. The molecule has 1 saturated heterocycles. The van der Waals surface area contributed by atoms with Gasteiger partial charge in [-0.2, -0.15) is 5.26 Å². The molecule has 1 aromatic heterocycles. The Morgan fingerprint density at radius 3 is 2.70 bits per heavy atom. The Hall–Kier alpha value is -3.50. The molecule has 2 aromatic carbocycles. The molecule has 0 spiro atoms. The van der Waals surface area contributed by atoms with Crippen LogP contribution in [0.15, 0.2) is 35.1 Å². The fraction of sp³-hybridized carbons (Fsp3) is 0.385. The number of H-pyrrole nitrogens is 1. The number of hydrogen-bond acceptors (Lipinski definition) is 6. The quantitative estimate of drug-likeness (QED) is 0.643. The molecule has 2 aliphatic heterocycles. The van der Waals surface area contributed by atoms with Crippen molar-refractivity contribution in [2.45, 2.75) is 26.3 Å². The van der Waals surface area contributed by atoms with E-state index in [-0.39, 0.29) is 5.56 Å². The van der Waals surface area contributed by atoms with Gasteiger partial charge in [0.15, 0.2) is 0 Å². The second-order valence-electron chi connectivity index (χ2n) is 8.93. The molecule has 3 aromatic rings. The summed E-state index contributed by atoms with van der Waals surface area (Å²) in [4.78, 5) is 20.6. The predicted octanol–water partition coefficient (Wildman–Crippen LogP) is 3.40. The number of ether oxygens (including phenoxy) is 1. The van der Waals surface area contributed by atoms with Crippen molar-refractivity contribution >= 4 is 22.3 Å². The van der Waals surface area contributed by atoms with Gasteiger partial charge >= 0.3 is 0 Å². The largest absolute Gasteiger partial charge is 0.496 e. The van der Waals surface area contributed by atoms with Crippen LogP contribution in [0.2, 0.25) is 0 Å². The van der Waals surface area contributed by atoms with Gasteiger partial charge in [0.1, 0.15) is 5.75 Å². The van der Waals surface area contributed by atoms with Crippen LogP contribution in [-0.2, 0) is 13.0 Å². The number of anilines is 2. The van der Waals surface area contributed by atoms with Gasteiger partial charge in [0.25, 0.3) is 5.56 Å². The van der Waals surface area contributed by atoms with Crippen molar-refractivity contribution in [1.29, 1.82) is 5.26 Å². The molecular formula is C26H29N5O2. The van der Waals surface area contributed by atoms with Crippen LogP contribution in [0.5, 0.6) is 5.75 Å². The molecule has 7 nitrogen and oxygen atoms in total. The predicted molar refractivity (Wildman–Crippen MR) is 131 cm³/mol. The number of piperazine rings is 1. The molecule has 33 heavy (non-hydrogen) atoms. The molecule has 0 atom stereocenters. The molecule has 170 valence electrons. The van der Waals surface area contributed by atoms with Crippen LogP contribution < -0.4 is 20.5 Å². The van der Waals surface area contributed by atoms with Crippen LogP contribution in [0.4, 0.5) is 11.4 Å². The number of aryl methyl sites for hydroxylation is 1. The summed E-state index contributed by atoms with van der Waals surface area (Å²) in [5.74, 6) is 0.802. The second-order valence-corrected chi connectivity index (χ2v) is 8.93. The highest BCUT2D eigenvalue weighted by Gasteiger charge is 2.22. The number of methoxy groups -OCH3 is 1. The Kier molecular flexibility index (Phi) is 5.69. The maximum Gasteiger partial charge on any atom is 0.253 e. The van der Waals surface area contributed by atoms with Gasteiger partial charge in [-0.25, -0.2) is 0 Å². The summed E-state index contributed by atoms with van der Waals surface area (Å²) in [6.45, 7) is 7.51. The van der Waals surface area contributed by atoms with E-state index in [1.54, 1.807) is 7.11 Å². The first kappa shape index (κ1) is 21.4. The van der Waals surface area contributed by atoms with Crippen molar-refractivity contribution in [2.75, 3.05) is 50.1 Å². The number of aromatic nitrogens is 1. The van der Waals surface area contributed by atoms with Gasteiger partial charge < -0.3 is 19.9 Å². The monoisotopic (exact) mass is 443 g/mol. The summed E-state index contributed by atoms with van der Waals surface area (Å²) in [7, 11) is 1.69. The minimum absolute atomic E-state index is 0.00435. The molecule has 1 fully saturated rings. The fourth-order valence-electron chi connectivity index (χ4n) is 5.14. The number of nitriles is 1. The first-order chi connectivity index (χ1) is 16.1. The Morgan fingerprint density at radius 1 is 1.15 bits per heavy atom. The third-order valence-electron chi connectivity index (χ3n) is 6.81. The third kappa shape index (κ3) is 4.03. The lowest BCUT2D eigenvalue weighted by molar-refractivity contribution is 0.249. The highest BCUT2D eigenvalue weighted by atomic mass is 16.5. The van der Waals surface area contributed by atoms with E-state index in [2.05, 4.69) is 51.3 Å². The van der Waals surface area contributed by atoms with Gasteiger partial charge in [-0.15, -0.1) is 0 Å². The van der Waals surface area contributed by atoms with E-state index in [1.165, 1.54) is 5.69 Å². The number of aromatic amines is 1. The molecule has 0 amide bonds. The van der Waals surface area contributed by atoms with E-state index in [0.29, 0.717) is 5.56 Å². The number of nitrogens with zero attached hydrogens (tertiary/aromatic N) is 3. The summed E-state index contributed by atoms with van der Waals surface area (Å²) >= 11 is 0. The van der Waals surface area contributed by atoms with Crippen molar-refractivity contribution in [3.8, 4) is 11.8 Å². The zero-order chi connectivity index (χ0) is 22.9. The van der Waals surface area contributed by atoms with Gasteiger partial charge in [-0.1, -0.05) is 0 Å². The fourth-order valence-corrected chi connectivity index (χ4v) is 5.14. The molecule has 2 N–H and O–H groups in total. The molecule has 2 aliphatic rings. The van der Waals surface area contributed by atoms with Crippen LogP contribution >= 0.6 is 0 Å². The summed E-state index contributed by atoms with van der Waals surface area (Å²) < 4.78 is 5.76. The third-order valence-corrected chi connectivity index (χ3v) is 6.81. The number of nitrogens with one attached hydrogen (secondary N) is 2. The molecule has 0 unspecified atom stereocenters. The van der Waals surface area contributed by atoms with Crippen LogP contribution in [0.25, 0.3) is 10.9 Å². The summed E-state index contributed by atoms with van der Waals surface area (Å²) in [5.41, 5.74) is 6.76. The number of pyridine rings is 1. The van der Waals surface area contributed by atoms with Crippen LogP contribution in [0.1, 0.15) is 28.7 Å². The molecule has 0 aliphatic carbocycles. The zero-order valence-corrected chi connectivity index (χ0v) is 19.2. The van der Waals surface area contributed by atoms with E-state index in [4.69, 9.17) is 10.00 Å². The lowest BCUT2D eigenvalue weighted by Gasteiger charge is -2.37. The normalized spacial score (nSPS) is 16.2. The lowest BCUT2D eigenvalue weighted by atomic mass is 9.99. The zero-order valence-electron chi connectivity index (χ0n) is 19.2. The van der Waals surface area contributed by atoms with Gasteiger partial charge in [0.05, 0.1) is 35.3 Å². The van der Waals surface area contributed by atoms with Crippen molar-refractivity contribution in [2.24, 2.45) is 0 Å². The maximum absolute atomic E-state index is 12.6. The smallest absolute Gasteiger partial charge is 0.253 e. The second kappa shape index (κ2) is 8.80. The first-order valence-corrected chi connectivity index (χ1v) is 11.5. The van der Waals surface area contributed by atoms with E-state index < -0.39 is 0 Å². The summed E-state index contributed by atoms with van der Waals surface area (Å²) in [6.07, 6.45) is 1.76. The Balaban J connectivity index is 1.35. The van der Waals surface area contributed by atoms with Crippen molar-refractivity contribution in [3.63, 3.8) is 0 Å². The first-order valence-electron chi connectivity index (χ1n) is 11.5. The Bertz CT molecular complexity index is 1300. The summed E-state index contributed by atoms with van der Waals surface area (Å²) in [6, 6.07) is 12.3. The van der Waals surface area contributed by atoms with Gasteiger partial charge in [-0.05, 0) is 61.2 Å². The van der Waals surface area contributed by atoms with E-state index in [9.17, 15) is 4.79 Å². The SMILES string of the molecule is COc1cc(CN2CCN(c3ccc(C#N)cc3C)CC2)cc2[nH]c(=O)c3c(c12)NCCC3. The maximum atomic E-state index is 12.6. The van der Waals surface area contributed by atoms with Crippen molar-refractivity contribution in [1.82, 2.24) is 9.88 Å². The number of rotatable bonds is 4. The van der Waals surface area contributed by atoms with E-state index >= 15 is 0 Å². The van der Waals surface area contributed by atoms with Crippen molar-refractivity contribution < 1.29 is 4.74 Å². The van der Waals surface area contributed by atoms with Crippen LogP contribution in [0.3, 0.4) is 0 Å². The average Bonchev–Trinajstić information content (AvgIpc) is 2.84. The van der Waals surface area contributed by atoms with Crippen LogP contribution in [-0.4, -0.2) is 49.7 Å². The molecule has 3 heterocycles. The molecule has 7 heteroatoms. The van der Waals surface area contributed by atoms with Crippen LogP contribution in [0, 0.1) is 18.3 Å². The highest BCUT2D eigenvalue weighted by Crippen LogP contribution is 2.36. The van der Waals surface area contributed by atoms with Crippen molar-refractivity contribution in [3.05, 3.63) is 62.9 Å². The highest BCUT2D eigenvalue weighted by molar-refractivity contribution is 5.98. The Labute approximate surface area is 193 Å². The molecule has 0 bridgehead atoms. The van der Waals surface area contributed by atoms with E-state index in [0.717, 1.165) is 91.1 Å². The van der Waals surface area contributed by atoms with Gasteiger partial charge in [0.2, 0.25) is 0 Å². The summed E-state index contributed by atoms with van der Waals surface area (Å²) in [5, 5.41) is 13.5. The Morgan fingerprint density at radius 2 is 1.97 bits per heavy atom. The number of fused-ring (bicyclic) bond motifs is 3. The minimum atomic E-state index is -0.00435. The lowest BCUT2D eigenvalue weighted by Crippen LogP contribution is -2.46. The molecule has 0 radical (unpaired) electrons. The number of benzene rings is 2. The van der Waals surface area contributed by atoms with Gasteiger partial charge in [-0.3, -0.25) is 9.69 Å². The standard InChI is InChI=1S/C26H29N5O2/c1-17-12-18(15-27)5-6-22(17)31-10-8-30(9-11-31)16-19-13-21-24(23(14-19)33-2)25-20(26(32)29-21)4-3-7-28-25/h5-6,12-14,28H,3-4,7-11,16H2,1-2H3,(H,29,32). The van der Waals surface area contributed by atoms with Gasteiger partial charge in [0, 0.05) is 50.5 Å². The van der Waals surface area contributed by atoms with E-state index in [1.807, 2.05) is 12.1 Å². The topological polar surface area (TPSA) is 84.4 Å². The average molecular weight is 444 g/mol. The molecular weight excluding hydrogens is 414 g/mol. The minimum Gasteiger partial charge on any atom is -0.496 e. The number of hydrogen-bond donors (Lipinski definition) is 2. The molecule has 5 rings (SSSR count).